The Balaban J connectivity index is 3.28. The molecule has 0 aliphatic rings. The molecule has 1 rings (SSSR count). The quantitative estimate of drug-likeness (QED) is 0.795. The van der Waals surface area contributed by atoms with Crippen LogP contribution in [0.15, 0.2) is 23.1 Å². The van der Waals surface area contributed by atoms with Crippen LogP contribution in [-0.4, -0.2) is 38.3 Å². The molecule has 0 unspecified atom stereocenters. The van der Waals surface area contributed by atoms with Crippen LogP contribution in [-0.2, 0) is 14.8 Å². The van der Waals surface area contributed by atoms with E-state index in [2.05, 4.69) is 5.32 Å². The molecule has 0 aliphatic heterocycles. The Bertz CT molecular complexity index is 610. The van der Waals surface area contributed by atoms with Crippen molar-refractivity contribution in [3.63, 3.8) is 0 Å². The van der Waals surface area contributed by atoms with Crippen LogP contribution in [0.4, 0.5) is 5.69 Å². The van der Waals surface area contributed by atoms with E-state index in [-0.39, 0.29) is 10.8 Å². The molecule has 1 aromatic carbocycles. The van der Waals surface area contributed by atoms with Crippen molar-refractivity contribution in [3.05, 3.63) is 18.2 Å². The van der Waals surface area contributed by atoms with Gasteiger partial charge >= 0.3 is 0 Å². The molecule has 0 spiro atoms. The van der Waals surface area contributed by atoms with Crippen molar-refractivity contribution < 1.29 is 17.9 Å². The van der Waals surface area contributed by atoms with Crippen LogP contribution in [0.3, 0.4) is 0 Å². The third kappa shape index (κ3) is 4.20. The van der Waals surface area contributed by atoms with Crippen LogP contribution in [0.1, 0.15) is 34.1 Å². The number of carbonyl (C=O) groups is 1. The molecule has 0 aromatic heterocycles. The second kappa shape index (κ2) is 8.14. The number of nitrogens with zero attached hydrogens (tertiary/aromatic N) is 1. The number of ether oxygens (including phenoxy) is 1. The summed E-state index contributed by atoms with van der Waals surface area (Å²) in [4.78, 5) is 11.8. The van der Waals surface area contributed by atoms with Crippen molar-refractivity contribution in [2.45, 2.75) is 39.0 Å². The second-order valence-corrected chi connectivity index (χ2v) is 6.52. The zero-order chi connectivity index (χ0) is 16.8. The molecule has 124 valence electrons. The van der Waals surface area contributed by atoms with Crippen molar-refractivity contribution >= 4 is 21.6 Å². The molecule has 0 aliphatic carbocycles. The summed E-state index contributed by atoms with van der Waals surface area (Å²) >= 11 is 0. The smallest absolute Gasteiger partial charge is 0.243 e. The van der Waals surface area contributed by atoms with Crippen molar-refractivity contribution in [2.75, 3.05) is 25.0 Å². The molecule has 0 bridgehead atoms. The number of benzene rings is 1. The molecule has 0 fully saturated rings. The maximum Gasteiger partial charge on any atom is 0.243 e. The largest absolute Gasteiger partial charge is 0.492 e. The summed E-state index contributed by atoms with van der Waals surface area (Å²) in [7, 11) is -3.57. The minimum absolute atomic E-state index is 0.144. The molecule has 22 heavy (non-hydrogen) atoms. The van der Waals surface area contributed by atoms with Crippen LogP contribution >= 0.6 is 0 Å². The van der Waals surface area contributed by atoms with Crippen LogP contribution < -0.4 is 10.1 Å². The molecule has 0 saturated carbocycles. The third-order valence-electron chi connectivity index (χ3n) is 3.19. The zero-order valence-corrected chi connectivity index (χ0v) is 14.4. The van der Waals surface area contributed by atoms with Gasteiger partial charge in [-0.15, -0.1) is 0 Å². The van der Waals surface area contributed by atoms with Crippen LogP contribution in [0, 0.1) is 0 Å². The van der Waals surface area contributed by atoms with Gasteiger partial charge in [-0.2, -0.15) is 4.31 Å². The number of nitrogens with one attached hydrogen (secondary N) is 1. The molecule has 0 saturated heterocycles. The number of hydrogen-bond acceptors (Lipinski definition) is 4. The van der Waals surface area contributed by atoms with E-state index in [1.807, 2.05) is 6.92 Å². The second-order valence-electron chi connectivity index (χ2n) is 4.58. The highest BCUT2D eigenvalue weighted by Crippen LogP contribution is 2.29. The molecular formula is C15H24N2O4S. The standard InChI is InChI=1S/C15H24N2O4S/c1-5-15(18)16-13-11-12(9-10-14(13)21-8-4)22(19,20)17(6-2)7-3/h9-11H,5-8H2,1-4H3,(H,16,18). The Kier molecular flexibility index (Phi) is 6.83. The average molecular weight is 328 g/mol. The fourth-order valence-electron chi connectivity index (χ4n) is 2.00. The zero-order valence-electron chi connectivity index (χ0n) is 13.5. The van der Waals surface area contributed by atoms with Gasteiger partial charge in [-0.25, -0.2) is 8.42 Å². The van der Waals surface area contributed by atoms with E-state index in [1.165, 1.54) is 16.4 Å². The highest BCUT2D eigenvalue weighted by atomic mass is 32.2. The Morgan fingerprint density at radius 2 is 1.82 bits per heavy atom. The SMILES string of the molecule is CCOc1ccc(S(=O)(=O)N(CC)CC)cc1NC(=O)CC. The molecular weight excluding hydrogens is 304 g/mol. The highest BCUT2D eigenvalue weighted by molar-refractivity contribution is 7.89. The molecule has 1 amide bonds. The lowest BCUT2D eigenvalue weighted by atomic mass is 10.3. The normalized spacial score (nSPS) is 11.5. The number of amides is 1. The first-order valence-corrected chi connectivity index (χ1v) is 8.91. The van der Waals surface area contributed by atoms with E-state index in [0.29, 0.717) is 37.6 Å². The van der Waals surface area contributed by atoms with Crippen LogP contribution in [0.2, 0.25) is 0 Å². The molecule has 6 nitrogen and oxygen atoms in total. The first kappa shape index (κ1) is 18.4. The van der Waals surface area contributed by atoms with E-state index >= 15 is 0 Å². The summed E-state index contributed by atoms with van der Waals surface area (Å²) in [5, 5.41) is 2.69. The van der Waals surface area contributed by atoms with Gasteiger partial charge in [0.15, 0.2) is 0 Å². The lowest BCUT2D eigenvalue weighted by Crippen LogP contribution is -2.30. The van der Waals surface area contributed by atoms with Crippen molar-refractivity contribution in [2.24, 2.45) is 0 Å². The van der Waals surface area contributed by atoms with E-state index in [4.69, 9.17) is 4.74 Å². The first-order chi connectivity index (χ1) is 10.4. The summed E-state index contributed by atoms with van der Waals surface area (Å²) in [5.74, 6) is 0.265. The van der Waals surface area contributed by atoms with E-state index < -0.39 is 10.0 Å². The molecule has 7 heteroatoms. The summed E-state index contributed by atoms with van der Waals surface area (Å²) in [6.45, 7) is 8.34. The van der Waals surface area contributed by atoms with Gasteiger partial charge in [-0.1, -0.05) is 20.8 Å². The maximum atomic E-state index is 12.5. The predicted molar refractivity (Wildman–Crippen MR) is 86.6 cm³/mol. The fraction of sp³-hybridized carbons (Fsp3) is 0.533. The van der Waals surface area contributed by atoms with Gasteiger partial charge in [0.25, 0.3) is 0 Å². The summed E-state index contributed by atoms with van der Waals surface area (Å²) in [6.07, 6.45) is 0.304. The maximum absolute atomic E-state index is 12.5. The van der Waals surface area contributed by atoms with Gasteiger partial charge in [0.2, 0.25) is 15.9 Å². The molecule has 1 N–H and O–H groups in total. The molecule has 0 radical (unpaired) electrons. The van der Waals surface area contributed by atoms with Crippen LogP contribution in [0.25, 0.3) is 0 Å². The monoisotopic (exact) mass is 328 g/mol. The Labute approximate surface area is 132 Å². The molecule has 0 heterocycles. The summed E-state index contributed by atoms with van der Waals surface area (Å²) in [5.41, 5.74) is 0.377. The number of carbonyl (C=O) groups excluding carboxylic acids is 1. The summed E-state index contributed by atoms with van der Waals surface area (Å²) in [6, 6.07) is 4.53. The Morgan fingerprint density at radius 3 is 2.32 bits per heavy atom. The topological polar surface area (TPSA) is 75.7 Å². The minimum Gasteiger partial charge on any atom is -0.492 e. The highest BCUT2D eigenvalue weighted by Gasteiger charge is 2.23. The Hall–Kier alpha value is -1.60. The third-order valence-corrected chi connectivity index (χ3v) is 5.24. The van der Waals surface area contributed by atoms with Crippen molar-refractivity contribution in [1.29, 1.82) is 0 Å². The number of sulfonamides is 1. The van der Waals surface area contributed by atoms with E-state index in [1.54, 1.807) is 26.8 Å². The van der Waals surface area contributed by atoms with E-state index in [9.17, 15) is 13.2 Å². The van der Waals surface area contributed by atoms with Gasteiger partial charge in [0.05, 0.1) is 17.2 Å². The lowest BCUT2D eigenvalue weighted by molar-refractivity contribution is -0.115. The Morgan fingerprint density at radius 1 is 1.18 bits per heavy atom. The van der Waals surface area contributed by atoms with Crippen molar-refractivity contribution in [3.8, 4) is 5.75 Å². The van der Waals surface area contributed by atoms with Gasteiger partial charge in [0, 0.05) is 19.5 Å². The minimum atomic E-state index is -3.57. The molecule has 0 atom stereocenters. The molecule has 1 aromatic rings. The lowest BCUT2D eigenvalue weighted by Gasteiger charge is -2.20. The number of rotatable bonds is 8. The van der Waals surface area contributed by atoms with Crippen LogP contribution in [0.5, 0.6) is 5.75 Å². The number of anilines is 1. The van der Waals surface area contributed by atoms with Gasteiger partial charge in [0.1, 0.15) is 5.75 Å². The van der Waals surface area contributed by atoms with Gasteiger partial charge in [-0.3, -0.25) is 4.79 Å². The average Bonchev–Trinajstić information content (AvgIpc) is 2.49. The van der Waals surface area contributed by atoms with Gasteiger partial charge in [-0.05, 0) is 25.1 Å². The van der Waals surface area contributed by atoms with E-state index in [0.717, 1.165) is 0 Å². The number of hydrogen-bond donors (Lipinski definition) is 1. The van der Waals surface area contributed by atoms with Crippen molar-refractivity contribution in [1.82, 2.24) is 4.31 Å². The fourth-order valence-corrected chi connectivity index (χ4v) is 3.48. The predicted octanol–water partition coefficient (Wildman–Crippen LogP) is 2.46. The first-order valence-electron chi connectivity index (χ1n) is 7.47. The van der Waals surface area contributed by atoms with Gasteiger partial charge < -0.3 is 10.1 Å². The summed E-state index contributed by atoms with van der Waals surface area (Å²) < 4.78 is 31.9.